The predicted molar refractivity (Wildman–Crippen MR) is 72.9 cm³/mol. The van der Waals surface area contributed by atoms with Gasteiger partial charge in [0.2, 0.25) is 0 Å². The summed E-state index contributed by atoms with van der Waals surface area (Å²) in [5.41, 5.74) is 1.90. The van der Waals surface area contributed by atoms with Crippen LogP contribution in [0.5, 0.6) is 11.5 Å². The quantitative estimate of drug-likeness (QED) is 0.851. The number of phenols is 1. The van der Waals surface area contributed by atoms with Gasteiger partial charge in [0.05, 0.1) is 0 Å². The maximum atomic E-state index is 9.63. The first kappa shape index (κ1) is 13.0. The number of phenolic OH excluding ortho intramolecular Hbond substituents is 1. The second kappa shape index (κ2) is 5.03. The third kappa shape index (κ3) is 2.53. The molecule has 0 saturated carbocycles. The smallest absolute Gasteiger partial charge is 0.292 e. The molecule has 0 aliphatic carbocycles. The monoisotopic (exact) mass is 253 g/mol. The van der Waals surface area contributed by atoms with E-state index in [4.69, 9.17) is 10.00 Å². The van der Waals surface area contributed by atoms with Crippen molar-refractivity contribution in [2.75, 3.05) is 0 Å². The average Bonchev–Trinajstić information content (AvgIpc) is 2.42. The highest BCUT2D eigenvalue weighted by Crippen LogP contribution is 2.36. The third-order valence-electron chi connectivity index (χ3n) is 3.33. The van der Waals surface area contributed by atoms with Gasteiger partial charge in [-0.2, -0.15) is 0 Å². The van der Waals surface area contributed by atoms with Crippen LogP contribution in [0, 0.1) is 11.5 Å². The van der Waals surface area contributed by atoms with Crippen LogP contribution in [0.4, 0.5) is 0 Å². The topological polar surface area (TPSA) is 53.2 Å². The van der Waals surface area contributed by atoms with Gasteiger partial charge in [0, 0.05) is 5.41 Å². The van der Waals surface area contributed by atoms with Crippen molar-refractivity contribution in [1.82, 2.24) is 0 Å². The summed E-state index contributed by atoms with van der Waals surface area (Å²) in [5, 5.41) is 18.2. The van der Waals surface area contributed by atoms with Gasteiger partial charge in [0.15, 0.2) is 11.5 Å². The minimum absolute atomic E-state index is 0.0332. The maximum Gasteiger partial charge on any atom is 0.292 e. The first-order valence-corrected chi connectivity index (χ1v) is 6.00. The molecule has 0 aliphatic heterocycles. The number of hydrogen-bond donors (Lipinski definition) is 1. The van der Waals surface area contributed by atoms with E-state index in [1.54, 1.807) is 18.4 Å². The minimum atomic E-state index is -0.234. The first-order chi connectivity index (χ1) is 9.05. The molecule has 0 aliphatic rings. The van der Waals surface area contributed by atoms with E-state index >= 15 is 0 Å². The molecule has 0 bridgehead atoms. The molecule has 0 spiro atoms. The van der Waals surface area contributed by atoms with Crippen LogP contribution in [0.25, 0.3) is 0 Å². The summed E-state index contributed by atoms with van der Waals surface area (Å²) in [7, 11) is 0. The Balaban J connectivity index is 2.47. The Morgan fingerprint density at radius 1 is 1.05 bits per heavy atom. The van der Waals surface area contributed by atoms with Gasteiger partial charge in [-0.3, -0.25) is 0 Å². The zero-order valence-corrected chi connectivity index (χ0v) is 10.9. The van der Waals surface area contributed by atoms with Crippen molar-refractivity contribution >= 4 is 0 Å². The Bertz CT molecular complexity index is 612. The molecule has 0 unspecified atom stereocenters. The molecule has 1 N–H and O–H groups in total. The largest absolute Gasteiger partial charge is 0.504 e. The maximum absolute atomic E-state index is 9.63. The SMILES string of the molecule is CC(C)(c1ccccc1)c1ccc(O)c(OC#N)c1. The summed E-state index contributed by atoms with van der Waals surface area (Å²) in [4.78, 5) is 0. The fourth-order valence-electron chi connectivity index (χ4n) is 2.06. The highest BCUT2D eigenvalue weighted by atomic mass is 16.5. The van der Waals surface area contributed by atoms with Gasteiger partial charge >= 0.3 is 0 Å². The molecule has 0 fully saturated rings. The molecular formula is C16H15NO2. The molecule has 0 aromatic heterocycles. The molecule has 3 heteroatoms. The summed E-state index contributed by atoms with van der Waals surface area (Å²) in [6.45, 7) is 4.18. The summed E-state index contributed by atoms with van der Waals surface area (Å²) < 4.78 is 4.76. The molecule has 0 atom stereocenters. The number of hydrogen-bond acceptors (Lipinski definition) is 3. The van der Waals surface area contributed by atoms with E-state index < -0.39 is 0 Å². The minimum Gasteiger partial charge on any atom is -0.504 e. The lowest BCUT2D eigenvalue weighted by Gasteiger charge is -2.26. The van der Waals surface area contributed by atoms with E-state index in [1.165, 1.54) is 0 Å². The van der Waals surface area contributed by atoms with E-state index in [2.05, 4.69) is 26.0 Å². The van der Waals surface area contributed by atoms with Crippen LogP contribution in [0.1, 0.15) is 25.0 Å². The number of rotatable bonds is 3. The van der Waals surface area contributed by atoms with Gasteiger partial charge in [-0.05, 0) is 23.3 Å². The first-order valence-electron chi connectivity index (χ1n) is 6.00. The lowest BCUT2D eigenvalue weighted by molar-refractivity contribution is 0.419. The molecule has 19 heavy (non-hydrogen) atoms. The number of nitriles is 1. The number of ether oxygens (including phenoxy) is 1. The molecule has 0 heterocycles. The van der Waals surface area contributed by atoms with Crippen molar-refractivity contribution in [3.05, 3.63) is 59.7 Å². The van der Waals surface area contributed by atoms with Crippen molar-refractivity contribution in [2.24, 2.45) is 0 Å². The summed E-state index contributed by atoms with van der Waals surface area (Å²) >= 11 is 0. The lowest BCUT2D eigenvalue weighted by atomic mass is 9.78. The molecule has 2 aromatic carbocycles. The number of aromatic hydroxyl groups is 1. The molecular weight excluding hydrogens is 238 g/mol. The standard InChI is InChI=1S/C16H15NO2/c1-16(2,12-6-4-3-5-7-12)13-8-9-14(18)15(10-13)19-11-17/h3-10,18H,1-2H3. The Kier molecular flexibility index (Phi) is 3.43. The summed E-state index contributed by atoms with van der Waals surface area (Å²) in [5.74, 6) is 0.151. The van der Waals surface area contributed by atoms with Crippen molar-refractivity contribution < 1.29 is 9.84 Å². The van der Waals surface area contributed by atoms with E-state index in [9.17, 15) is 5.11 Å². The highest BCUT2D eigenvalue weighted by Gasteiger charge is 2.24. The fourth-order valence-corrected chi connectivity index (χ4v) is 2.06. The predicted octanol–water partition coefficient (Wildman–Crippen LogP) is 3.58. The zero-order chi connectivity index (χ0) is 13.9. The molecule has 0 amide bonds. The second-order valence-electron chi connectivity index (χ2n) is 4.87. The van der Waals surface area contributed by atoms with Crippen LogP contribution in [-0.4, -0.2) is 5.11 Å². The Morgan fingerprint density at radius 2 is 1.74 bits per heavy atom. The van der Waals surface area contributed by atoms with Crippen LogP contribution in [-0.2, 0) is 5.41 Å². The zero-order valence-electron chi connectivity index (χ0n) is 10.9. The number of benzene rings is 2. The lowest BCUT2D eigenvalue weighted by Crippen LogP contribution is -2.18. The van der Waals surface area contributed by atoms with E-state index in [-0.39, 0.29) is 16.9 Å². The third-order valence-corrected chi connectivity index (χ3v) is 3.33. The van der Waals surface area contributed by atoms with E-state index in [0.717, 1.165) is 11.1 Å². The van der Waals surface area contributed by atoms with Gasteiger partial charge in [-0.15, -0.1) is 5.26 Å². The fraction of sp³-hybridized carbons (Fsp3) is 0.188. The average molecular weight is 253 g/mol. The molecule has 0 radical (unpaired) electrons. The van der Waals surface area contributed by atoms with E-state index in [0.29, 0.717) is 0 Å². The van der Waals surface area contributed by atoms with Crippen molar-refractivity contribution in [1.29, 1.82) is 5.26 Å². The molecule has 0 saturated heterocycles. The Labute approximate surface area is 112 Å². The van der Waals surface area contributed by atoms with Crippen molar-refractivity contribution in [3.8, 4) is 17.8 Å². The molecule has 3 nitrogen and oxygen atoms in total. The Hall–Kier alpha value is -2.47. The van der Waals surface area contributed by atoms with Crippen molar-refractivity contribution in [3.63, 3.8) is 0 Å². The summed E-state index contributed by atoms with van der Waals surface area (Å²) in [6, 6.07) is 15.1. The summed E-state index contributed by atoms with van der Waals surface area (Å²) in [6.07, 6.45) is 1.58. The van der Waals surface area contributed by atoms with Crippen LogP contribution in [0.2, 0.25) is 0 Å². The Morgan fingerprint density at radius 3 is 2.37 bits per heavy atom. The molecule has 96 valence electrons. The van der Waals surface area contributed by atoms with Crippen LogP contribution in [0.15, 0.2) is 48.5 Å². The van der Waals surface area contributed by atoms with Gasteiger partial charge in [-0.25, -0.2) is 0 Å². The van der Waals surface area contributed by atoms with Gasteiger partial charge in [0.25, 0.3) is 6.26 Å². The van der Waals surface area contributed by atoms with E-state index in [1.807, 2.05) is 24.3 Å². The number of nitrogens with zero attached hydrogens (tertiary/aromatic N) is 1. The van der Waals surface area contributed by atoms with Crippen LogP contribution >= 0.6 is 0 Å². The normalized spacial score (nSPS) is 10.8. The second-order valence-corrected chi connectivity index (χ2v) is 4.87. The molecule has 2 aromatic rings. The van der Waals surface area contributed by atoms with Gasteiger partial charge < -0.3 is 9.84 Å². The molecule has 2 rings (SSSR count). The van der Waals surface area contributed by atoms with Crippen LogP contribution in [0.3, 0.4) is 0 Å². The van der Waals surface area contributed by atoms with Gasteiger partial charge in [-0.1, -0.05) is 50.2 Å². The van der Waals surface area contributed by atoms with Crippen molar-refractivity contribution in [2.45, 2.75) is 19.3 Å². The highest BCUT2D eigenvalue weighted by molar-refractivity contribution is 5.47. The van der Waals surface area contributed by atoms with Gasteiger partial charge in [0.1, 0.15) is 0 Å². The van der Waals surface area contributed by atoms with Crippen LogP contribution < -0.4 is 4.74 Å².